The highest BCUT2D eigenvalue weighted by atomic mass is 32.2. The molecule has 0 aromatic heterocycles. The number of benzene rings is 2. The normalized spacial score (nSPS) is 10.3. The average Bonchev–Trinajstić information content (AvgIpc) is 2.59. The quantitative estimate of drug-likeness (QED) is 0.795. The third-order valence-electron chi connectivity index (χ3n) is 3.52. The molecule has 0 bridgehead atoms. The van der Waals surface area contributed by atoms with Crippen LogP contribution in [-0.4, -0.2) is 25.9 Å². The van der Waals surface area contributed by atoms with Gasteiger partial charge in [0.05, 0.1) is 20.0 Å². The number of methoxy groups -OCH3 is 2. The molecule has 0 saturated carbocycles. The lowest BCUT2D eigenvalue weighted by Gasteiger charge is -2.10. The van der Waals surface area contributed by atoms with Crippen LogP contribution in [0.4, 0.5) is 0 Å². The molecule has 0 heterocycles. The molecule has 0 unspecified atom stereocenters. The fraction of sp³-hybridized carbons (Fsp3) is 0.316. The monoisotopic (exact) mass is 345 g/mol. The molecule has 128 valence electrons. The van der Waals surface area contributed by atoms with Gasteiger partial charge >= 0.3 is 0 Å². The molecule has 0 saturated heterocycles. The molecule has 2 aromatic carbocycles. The Balaban J connectivity index is 1.77. The lowest BCUT2D eigenvalue weighted by atomic mass is 10.2. The smallest absolute Gasteiger partial charge is 0.230 e. The van der Waals surface area contributed by atoms with E-state index in [2.05, 4.69) is 30.4 Å². The Morgan fingerprint density at radius 1 is 1.04 bits per heavy atom. The van der Waals surface area contributed by atoms with Gasteiger partial charge in [-0.3, -0.25) is 4.79 Å². The zero-order valence-electron chi connectivity index (χ0n) is 14.3. The van der Waals surface area contributed by atoms with Crippen molar-refractivity contribution in [3.05, 3.63) is 59.2 Å². The number of thioether (sulfide) groups is 1. The van der Waals surface area contributed by atoms with Crippen molar-refractivity contribution in [1.82, 2.24) is 5.32 Å². The maximum Gasteiger partial charge on any atom is 0.230 e. The van der Waals surface area contributed by atoms with Crippen LogP contribution in [0.15, 0.2) is 42.5 Å². The molecule has 0 aliphatic heterocycles. The van der Waals surface area contributed by atoms with E-state index in [0.717, 1.165) is 11.3 Å². The molecule has 24 heavy (non-hydrogen) atoms. The zero-order chi connectivity index (χ0) is 17.4. The molecule has 0 fully saturated rings. The number of aryl methyl sites for hydroxylation is 1. The molecule has 0 aliphatic carbocycles. The van der Waals surface area contributed by atoms with Gasteiger partial charge in [-0.1, -0.05) is 35.9 Å². The molecule has 0 atom stereocenters. The van der Waals surface area contributed by atoms with E-state index < -0.39 is 0 Å². The first-order valence-electron chi connectivity index (χ1n) is 7.73. The van der Waals surface area contributed by atoms with Crippen LogP contribution >= 0.6 is 11.8 Å². The first-order valence-corrected chi connectivity index (χ1v) is 8.88. The van der Waals surface area contributed by atoms with Crippen LogP contribution in [0.5, 0.6) is 11.5 Å². The van der Waals surface area contributed by atoms with Crippen LogP contribution in [0.3, 0.4) is 0 Å². The number of hydrogen-bond acceptors (Lipinski definition) is 4. The highest BCUT2D eigenvalue weighted by Crippen LogP contribution is 2.27. The molecule has 4 nitrogen and oxygen atoms in total. The van der Waals surface area contributed by atoms with Crippen LogP contribution in [0.25, 0.3) is 0 Å². The number of rotatable bonds is 8. The molecule has 0 spiro atoms. The number of ether oxygens (including phenoxy) is 2. The predicted molar refractivity (Wildman–Crippen MR) is 98.7 cm³/mol. The average molecular weight is 345 g/mol. The Hall–Kier alpha value is -2.14. The van der Waals surface area contributed by atoms with Crippen molar-refractivity contribution in [3.63, 3.8) is 0 Å². The third-order valence-corrected chi connectivity index (χ3v) is 4.53. The molecule has 2 aromatic rings. The number of nitrogens with one attached hydrogen (secondary N) is 1. The molecule has 0 aliphatic rings. The molecule has 1 N–H and O–H groups in total. The molecule has 2 rings (SSSR count). The summed E-state index contributed by atoms with van der Waals surface area (Å²) in [5.74, 6) is 2.66. The summed E-state index contributed by atoms with van der Waals surface area (Å²) < 4.78 is 10.5. The first kappa shape index (κ1) is 18.2. The van der Waals surface area contributed by atoms with E-state index in [-0.39, 0.29) is 5.91 Å². The van der Waals surface area contributed by atoms with Crippen molar-refractivity contribution in [2.24, 2.45) is 0 Å². The molecule has 5 heteroatoms. The second kappa shape index (κ2) is 9.23. The van der Waals surface area contributed by atoms with Gasteiger partial charge in [-0.15, -0.1) is 11.8 Å². The van der Waals surface area contributed by atoms with Crippen molar-refractivity contribution < 1.29 is 14.3 Å². The van der Waals surface area contributed by atoms with Gasteiger partial charge in [0.2, 0.25) is 5.91 Å². The van der Waals surface area contributed by atoms with E-state index in [4.69, 9.17) is 9.47 Å². The van der Waals surface area contributed by atoms with Crippen LogP contribution in [0, 0.1) is 6.92 Å². The zero-order valence-corrected chi connectivity index (χ0v) is 15.1. The van der Waals surface area contributed by atoms with E-state index in [1.807, 2.05) is 24.3 Å². The van der Waals surface area contributed by atoms with E-state index in [1.54, 1.807) is 26.0 Å². The maximum absolute atomic E-state index is 12.0. The van der Waals surface area contributed by atoms with Crippen molar-refractivity contribution in [3.8, 4) is 11.5 Å². The summed E-state index contributed by atoms with van der Waals surface area (Å²) in [6, 6.07) is 14.0. The summed E-state index contributed by atoms with van der Waals surface area (Å²) in [6.45, 7) is 2.55. The highest BCUT2D eigenvalue weighted by Gasteiger charge is 2.06. The van der Waals surface area contributed by atoms with Crippen LogP contribution in [0.2, 0.25) is 0 Å². The summed E-state index contributed by atoms with van der Waals surface area (Å²) in [6.07, 6.45) is 0. The number of hydrogen-bond donors (Lipinski definition) is 1. The third kappa shape index (κ3) is 5.49. The van der Waals surface area contributed by atoms with Gasteiger partial charge in [0.25, 0.3) is 0 Å². The Bertz CT molecular complexity index is 688. The van der Waals surface area contributed by atoms with E-state index in [0.29, 0.717) is 23.8 Å². The highest BCUT2D eigenvalue weighted by molar-refractivity contribution is 7.99. The van der Waals surface area contributed by atoms with Gasteiger partial charge in [-0.2, -0.15) is 0 Å². The predicted octanol–water partition coefficient (Wildman–Crippen LogP) is 3.56. The Morgan fingerprint density at radius 2 is 1.83 bits per heavy atom. The number of amides is 1. The van der Waals surface area contributed by atoms with Gasteiger partial charge in [0.1, 0.15) is 0 Å². The van der Waals surface area contributed by atoms with Gasteiger partial charge in [-0.05, 0) is 30.2 Å². The van der Waals surface area contributed by atoms with E-state index >= 15 is 0 Å². The van der Waals surface area contributed by atoms with Gasteiger partial charge in [0.15, 0.2) is 11.5 Å². The number of carbonyl (C=O) groups is 1. The van der Waals surface area contributed by atoms with Crippen molar-refractivity contribution in [2.75, 3.05) is 20.0 Å². The second-order valence-corrected chi connectivity index (χ2v) is 6.43. The molecular weight excluding hydrogens is 322 g/mol. The van der Waals surface area contributed by atoms with E-state index in [1.165, 1.54) is 11.1 Å². The van der Waals surface area contributed by atoms with Crippen LogP contribution in [-0.2, 0) is 17.1 Å². The van der Waals surface area contributed by atoms with E-state index in [9.17, 15) is 4.79 Å². The Labute approximate surface area is 147 Å². The minimum atomic E-state index is 0.0300. The van der Waals surface area contributed by atoms with Gasteiger partial charge in [0, 0.05) is 12.3 Å². The fourth-order valence-corrected chi connectivity index (χ4v) is 3.11. The van der Waals surface area contributed by atoms with Crippen LogP contribution < -0.4 is 14.8 Å². The molecular formula is C19H23NO3S. The number of carbonyl (C=O) groups excluding carboxylic acids is 1. The summed E-state index contributed by atoms with van der Waals surface area (Å²) in [5, 5.41) is 2.93. The van der Waals surface area contributed by atoms with Crippen molar-refractivity contribution >= 4 is 17.7 Å². The molecule has 1 amide bonds. The largest absolute Gasteiger partial charge is 0.493 e. The summed E-state index contributed by atoms with van der Waals surface area (Å²) in [4.78, 5) is 12.0. The molecule has 0 radical (unpaired) electrons. The summed E-state index contributed by atoms with van der Waals surface area (Å²) in [7, 11) is 3.20. The SMILES string of the molecule is COc1ccc(CNC(=O)CSCc2cccc(C)c2)cc1OC. The summed E-state index contributed by atoms with van der Waals surface area (Å²) in [5.41, 5.74) is 3.46. The van der Waals surface area contributed by atoms with Gasteiger partial charge < -0.3 is 14.8 Å². The first-order chi connectivity index (χ1) is 11.6. The van der Waals surface area contributed by atoms with Crippen molar-refractivity contribution in [1.29, 1.82) is 0 Å². The second-order valence-electron chi connectivity index (χ2n) is 5.45. The van der Waals surface area contributed by atoms with Gasteiger partial charge in [-0.25, -0.2) is 0 Å². The Kier molecular flexibility index (Phi) is 7.00. The fourth-order valence-electron chi connectivity index (χ4n) is 2.31. The maximum atomic E-state index is 12.0. The minimum Gasteiger partial charge on any atom is -0.493 e. The minimum absolute atomic E-state index is 0.0300. The standard InChI is InChI=1S/C19H23NO3S/c1-14-5-4-6-16(9-14)12-24-13-19(21)20-11-15-7-8-17(22-2)18(10-15)23-3/h4-10H,11-13H2,1-3H3,(H,20,21). The van der Waals surface area contributed by atoms with Crippen molar-refractivity contribution in [2.45, 2.75) is 19.2 Å². The summed E-state index contributed by atoms with van der Waals surface area (Å²) >= 11 is 1.62. The lowest BCUT2D eigenvalue weighted by molar-refractivity contribution is -0.118. The Morgan fingerprint density at radius 3 is 2.54 bits per heavy atom. The van der Waals surface area contributed by atoms with Crippen LogP contribution in [0.1, 0.15) is 16.7 Å². The topological polar surface area (TPSA) is 47.6 Å². The lowest BCUT2D eigenvalue weighted by Crippen LogP contribution is -2.24.